The van der Waals surface area contributed by atoms with Crippen LogP contribution in [-0.4, -0.2) is 41.2 Å². The maximum absolute atomic E-state index is 13.4. The van der Waals surface area contributed by atoms with E-state index >= 15 is 0 Å². The molecule has 3 aromatic rings. The summed E-state index contributed by atoms with van der Waals surface area (Å²) in [4.78, 5) is 37.5. The molecule has 2 amide bonds. The molecular weight excluding hydrogens is 569 g/mol. The Kier molecular flexibility index (Phi) is 8.07. The van der Waals surface area contributed by atoms with E-state index in [-0.39, 0.29) is 24.4 Å². The first-order chi connectivity index (χ1) is 18.1. The minimum absolute atomic E-state index is 0.0495. The molecule has 3 heterocycles. The van der Waals surface area contributed by atoms with Gasteiger partial charge in [-0.25, -0.2) is 4.99 Å². The molecule has 198 valence electrons. The molecule has 0 aliphatic carbocycles. The Hall–Kier alpha value is -3.84. The number of ether oxygens (including phenoxy) is 1. The van der Waals surface area contributed by atoms with Crippen LogP contribution in [0.25, 0.3) is 0 Å². The molecule has 1 aliphatic rings. The summed E-state index contributed by atoms with van der Waals surface area (Å²) in [6.07, 6.45) is 1.19. The molecule has 1 saturated heterocycles. The zero-order chi connectivity index (χ0) is 27.3. The van der Waals surface area contributed by atoms with Crippen LogP contribution in [0.15, 0.2) is 64.5 Å². The molecule has 4 rings (SSSR count). The number of aliphatic imine (C=N–C) groups is 1. The van der Waals surface area contributed by atoms with Crippen molar-refractivity contribution in [2.24, 2.45) is 10.4 Å². The van der Waals surface area contributed by atoms with Crippen LogP contribution < -0.4 is 16.4 Å². The molecule has 1 aliphatic heterocycles. The van der Waals surface area contributed by atoms with Crippen LogP contribution in [0.5, 0.6) is 0 Å². The fourth-order valence-corrected chi connectivity index (χ4v) is 4.08. The van der Waals surface area contributed by atoms with Gasteiger partial charge >= 0.3 is 6.18 Å². The smallest absolute Gasteiger partial charge is 0.397 e. The van der Waals surface area contributed by atoms with Crippen LogP contribution >= 0.6 is 15.9 Å². The van der Waals surface area contributed by atoms with Crippen LogP contribution in [0.2, 0.25) is 0 Å². The first-order valence-electron chi connectivity index (χ1n) is 11.3. The Morgan fingerprint density at radius 2 is 2.00 bits per heavy atom. The lowest BCUT2D eigenvalue weighted by Gasteiger charge is -2.21. The zero-order valence-corrected chi connectivity index (χ0v) is 21.3. The number of carbonyl (C=O) groups is 2. The molecule has 1 atom stereocenters. The van der Waals surface area contributed by atoms with Crippen molar-refractivity contribution < 1.29 is 27.5 Å². The molecule has 0 unspecified atom stereocenters. The lowest BCUT2D eigenvalue weighted by atomic mass is 9.87. The number of alkyl halides is 3. The summed E-state index contributed by atoms with van der Waals surface area (Å²) in [5.41, 5.74) is 4.90. The third-order valence-corrected chi connectivity index (χ3v) is 6.25. The van der Waals surface area contributed by atoms with E-state index in [1.165, 1.54) is 43.0 Å². The van der Waals surface area contributed by atoms with E-state index in [2.05, 4.69) is 41.5 Å². The fraction of sp³-hybridized carbons (Fsp3) is 0.240. The van der Waals surface area contributed by atoms with E-state index in [9.17, 15) is 22.8 Å². The number of halogens is 4. The van der Waals surface area contributed by atoms with Gasteiger partial charge < -0.3 is 21.1 Å². The molecule has 4 N–H and O–H groups in total. The highest BCUT2D eigenvalue weighted by Crippen LogP contribution is 2.37. The topological polar surface area (TPSA) is 132 Å². The molecule has 13 heteroatoms. The number of anilines is 3. The molecule has 2 aromatic heterocycles. The number of pyridine rings is 2. The van der Waals surface area contributed by atoms with E-state index in [0.717, 1.165) is 6.07 Å². The fourth-order valence-electron chi connectivity index (χ4n) is 3.72. The number of hydrogen-bond donors (Lipinski definition) is 3. The molecule has 38 heavy (non-hydrogen) atoms. The summed E-state index contributed by atoms with van der Waals surface area (Å²) in [5.74, 6) is -0.987. The average molecular weight is 591 g/mol. The van der Waals surface area contributed by atoms with Crippen molar-refractivity contribution >= 4 is 51.0 Å². The Morgan fingerprint density at radius 1 is 1.18 bits per heavy atom. The van der Waals surface area contributed by atoms with Gasteiger partial charge in [-0.1, -0.05) is 15.9 Å². The monoisotopic (exact) mass is 590 g/mol. The van der Waals surface area contributed by atoms with Crippen molar-refractivity contribution in [2.45, 2.75) is 19.1 Å². The molecule has 0 bridgehead atoms. The standard InChI is InChI=1S/C25H22BrF3N6O3/c26-16-1-4-21(20(8-16)25(27,28)29)35-19-3-2-18(32-12-19)11-33-23(37)24(5-6-38-14-24)13-34-22(36)15-7-17(30)10-31-9-15/h1-4,7-10,12-13,35H,5-6,11,14,30H2,(H,33,37)/t24-/m0/s1. The number of amides is 2. The molecule has 0 saturated carbocycles. The Morgan fingerprint density at radius 3 is 2.66 bits per heavy atom. The summed E-state index contributed by atoms with van der Waals surface area (Å²) in [6, 6.07) is 8.39. The number of carbonyl (C=O) groups excluding carboxylic acids is 2. The average Bonchev–Trinajstić information content (AvgIpc) is 3.37. The van der Waals surface area contributed by atoms with E-state index in [1.807, 2.05) is 0 Å². The minimum atomic E-state index is -4.54. The van der Waals surface area contributed by atoms with Crippen LogP contribution in [0, 0.1) is 5.41 Å². The molecule has 1 fully saturated rings. The maximum Gasteiger partial charge on any atom is 0.418 e. The van der Waals surface area contributed by atoms with Crippen molar-refractivity contribution in [3.63, 3.8) is 0 Å². The van der Waals surface area contributed by atoms with E-state index in [1.54, 1.807) is 12.1 Å². The molecular formula is C25H22BrF3N6O3. The lowest BCUT2D eigenvalue weighted by molar-refractivity contribution is -0.137. The van der Waals surface area contributed by atoms with Crippen LogP contribution in [0.4, 0.5) is 30.2 Å². The van der Waals surface area contributed by atoms with Crippen molar-refractivity contribution in [3.05, 3.63) is 76.3 Å². The predicted molar refractivity (Wildman–Crippen MR) is 138 cm³/mol. The Bertz CT molecular complexity index is 1360. The summed E-state index contributed by atoms with van der Waals surface area (Å²) >= 11 is 3.06. The van der Waals surface area contributed by atoms with Crippen molar-refractivity contribution in [3.8, 4) is 0 Å². The SMILES string of the molecule is Nc1cncc(C(=O)N=C[C@@]2(C(=O)NCc3ccc(Nc4ccc(Br)cc4C(F)(F)F)cn3)CCOC2)c1. The third-order valence-electron chi connectivity index (χ3n) is 5.76. The summed E-state index contributed by atoms with van der Waals surface area (Å²) in [7, 11) is 0. The second-order valence-corrected chi connectivity index (χ2v) is 9.48. The van der Waals surface area contributed by atoms with Gasteiger partial charge in [-0.05, 0) is 42.8 Å². The van der Waals surface area contributed by atoms with E-state index in [0.29, 0.717) is 34.6 Å². The summed E-state index contributed by atoms with van der Waals surface area (Å²) in [6.45, 7) is 0.422. The minimum Gasteiger partial charge on any atom is -0.397 e. The number of nitrogen functional groups attached to an aromatic ring is 1. The van der Waals surface area contributed by atoms with Gasteiger partial charge in [0.2, 0.25) is 5.91 Å². The van der Waals surface area contributed by atoms with Crippen LogP contribution in [-0.2, 0) is 22.3 Å². The number of nitrogens with one attached hydrogen (secondary N) is 2. The van der Waals surface area contributed by atoms with Crippen LogP contribution in [0.1, 0.15) is 28.0 Å². The van der Waals surface area contributed by atoms with Crippen molar-refractivity contribution in [1.82, 2.24) is 15.3 Å². The molecule has 9 nitrogen and oxygen atoms in total. The van der Waals surface area contributed by atoms with E-state index in [4.69, 9.17) is 10.5 Å². The lowest BCUT2D eigenvalue weighted by Crippen LogP contribution is -2.42. The van der Waals surface area contributed by atoms with Gasteiger partial charge in [0, 0.05) is 29.7 Å². The van der Waals surface area contributed by atoms with Crippen molar-refractivity contribution in [2.75, 3.05) is 24.3 Å². The van der Waals surface area contributed by atoms with Gasteiger partial charge in [-0.3, -0.25) is 19.6 Å². The highest BCUT2D eigenvalue weighted by atomic mass is 79.9. The van der Waals surface area contributed by atoms with Gasteiger partial charge in [0.25, 0.3) is 5.91 Å². The summed E-state index contributed by atoms with van der Waals surface area (Å²) in [5, 5.41) is 5.49. The maximum atomic E-state index is 13.4. The second kappa shape index (κ2) is 11.3. The van der Waals surface area contributed by atoms with Gasteiger partial charge in [0.15, 0.2) is 0 Å². The Labute approximate surface area is 223 Å². The quantitative estimate of drug-likeness (QED) is 0.345. The molecule has 0 radical (unpaired) electrons. The first kappa shape index (κ1) is 27.2. The second-order valence-electron chi connectivity index (χ2n) is 8.56. The first-order valence-corrected chi connectivity index (χ1v) is 12.1. The Balaban J connectivity index is 1.40. The zero-order valence-electron chi connectivity index (χ0n) is 19.8. The van der Waals surface area contributed by atoms with E-state index < -0.39 is 29.0 Å². The highest BCUT2D eigenvalue weighted by Gasteiger charge is 2.41. The normalized spacial score (nSPS) is 17.5. The number of nitrogens with two attached hydrogens (primary N) is 1. The number of hydrogen-bond acceptors (Lipinski definition) is 7. The third kappa shape index (κ3) is 6.53. The van der Waals surface area contributed by atoms with Gasteiger partial charge in [0.1, 0.15) is 5.41 Å². The van der Waals surface area contributed by atoms with Crippen LogP contribution in [0.3, 0.4) is 0 Å². The van der Waals surface area contributed by atoms with Gasteiger partial charge in [-0.15, -0.1) is 0 Å². The predicted octanol–water partition coefficient (Wildman–Crippen LogP) is 4.52. The van der Waals surface area contributed by atoms with Crippen molar-refractivity contribution in [1.29, 1.82) is 0 Å². The molecule has 0 spiro atoms. The highest BCUT2D eigenvalue weighted by molar-refractivity contribution is 9.10. The van der Waals surface area contributed by atoms with Gasteiger partial charge in [0.05, 0.1) is 53.2 Å². The number of aromatic nitrogens is 2. The molecule has 1 aromatic carbocycles. The number of rotatable bonds is 7. The number of benzene rings is 1. The number of nitrogens with zero attached hydrogens (tertiary/aromatic N) is 3. The summed E-state index contributed by atoms with van der Waals surface area (Å²) < 4.78 is 45.8. The largest absolute Gasteiger partial charge is 0.418 e. The van der Waals surface area contributed by atoms with Gasteiger partial charge in [-0.2, -0.15) is 13.2 Å².